The molecule has 0 saturated heterocycles. The van der Waals surface area contributed by atoms with Crippen LogP contribution in [0.1, 0.15) is 25.3 Å². The Kier molecular flexibility index (Phi) is 4.52. The molecular formula is C13H22N4O. The molecule has 2 unspecified atom stereocenters. The summed E-state index contributed by atoms with van der Waals surface area (Å²) in [7, 11) is 0. The molecule has 1 heterocycles. The Balaban J connectivity index is 2.05. The van der Waals surface area contributed by atoms with Crippen molar-refractivity contribution in [2.24, 2.45) is 11.8 Å². The molecule has 1 aliphatic carbocycles. The quantitative estimate of drug-likeness (QED) is 0.493. The lowest BCUT2D eigenvalue weighted by Gasteiger charge is -2.26. The first-order valence-electron chi connectivity index (χ1n) is 6.52. The summed E-state index contributed by atoms with van der Waals surface area (Å²) in [6.07, 6.45) is 6.87. The summed E-state index contributed by atoms with van der Waals surface area (Å²) < 4.78 is 5.83. The normalized spacial score (nSPS) is 18.6. The highest BCUT2D eigenvalue weighted by atomic mass is 16.5. The number of anilines is 1. The van der Waals surface area contributed by atoms with Gasteiger partial charge in [-0.15, -0.1) is 0 Å². The van der Waals surface area contributed by atoms with E-state index in [1.54, 1.807) is 12.4 Å². The lowest BCUT2D eigenvalue weighted by Crippen LogP contribution is -2.47. The third kappa shape index (κ3) is 3.19. The van der Waals surface area contributed by atoms with Crippen molar-refractivity contribution >= 4 is 5.69 Å². The molecule has 100 valence electrons. The number of hydrogen-bond donors (Lipinski definition) is 3. The summed E-state index contributed by atoms with van der Waals surface area (Å²) in [6.45, 7) is 2.73. The molecule has 1 aromatic heterocycles. The fourth-order valence-corrected chi connectivity index (χ4v) is 2.31. The molecule has 0 amide bonds. The van der Waals surface area contributed by atoms with Crippen LogP contribution in [0.4, 0.5) is 5.69 Å². The molecule has 1 aliphatic rings. The van der Waals surface area contributed by atoms with Gasteiger partial charge in [-0.3, -0.25) is 16.3 Å². The second kappa shape index (κ2) is 6.13. The number of aromatic nitrogens is 1. The summed E-state index contributed by atoms with van der Waals surface area (Å²) >= 11 is 0. The smallest absolute Gasteiger partial charge is 0.0772 e. The average Bonchev–Trinajstić information content (AvgIpc) is 3.20. The van der Waals surface area contributed by atoms with Crippen molar-refractivity contribution in [3.8, 4) is 0 Å². The Hall–Kier alpha value is -1.17. The van der Waals surface area contributed by atoms with Gasteiger partial charge in [0.1, 0.15) is 0 Å². The van der Waals surface area contributed by atoms with Crippen molar-refractivity contribution in [3.63, 3.8) is 0 Å². The van der Waals surface area contributed by atoms with Crippen LogP contribution in [0.2, 0.25) is 0 Å². The third-order valence-corrected chi connectivity index (χ3v) is 3.44. The minimum Gasteiger partial charge on any atom is -0.398 e. The van der Waals surface area contributed by atoms with Gasteiger partial charge >= 0.3 is 0 Å². The van der Waals surface area contributed by atoms with Crippen LogP contribution in [0.3, 0.4) is 0 Å². The third-order valence-electron chi connectivity index (χ3n) is 3.44. The first-order valence-corrected chi connectivity index (χ1v) is 6.52. The van der Waals surface area contributed by atoms with Gasteiger partial charge in [0.05, 0.1) is 12.1 Å². The summed E-state index contributed by atoms with van der Waals surface area (Å²) in [5.74, 6) is 6.30. The van der Waals surface area contributed by atoms with Gasteiger partial charge in [-0.1, -0.05) is 0 Å². The van der Waals surface area contributed by atoms with Gasteiger partial charge in [0, 0.05) is 24.7 Å². The Morgan fingerprint density at radius 1 is 1.56 bits per heavy atom. The number of hydrogen-bond acceptors (Lipinski definition) is 5. The van der Waals surface area contributed by atoms with E-state index >= 15 is 0 Å². The predicted molar refractivity (Wildman–Crippen MR) is 71.6 cm³/mol. The summed E-state index contributed by atoms with van der Waals surface area (Å²) in [5, 5.41) is 0. The minimum absolute atomic E-state index is 0.0870. The summed E-state index contributed by atoms with van der Waals surface area (Å²) in [4.78, 5) is 4.11. The highest BCUT2D eigenvalue weighted by Crippen LogP contribution is 2.36. The van der Waals surface area contributed by atoms with Crippen LogP contribution in [0.15, 0.2) is 18.5 Å². The van der Waals surface area contributed by atoms with Crippen LogP contribution >= 0.6 is 0 Å². The van der Waals surface area contributed by atoms with Gasteiger partial charge in [0.25, 0.3) is 0 Å². The zero-order chi connectivity index (χ0) is 13.0. The number of nitrogen functional groups attached to an aromatic ring is 1. The second-order valence-electron chi connectivity index (χ2n) is 4.81. The predicted octanol–water partition coefficient (Wildman–Crippen LogP) is 0.853. The number of nitrogens with zero attached hydrogens (tertiary/aromatic N) is 1. The fourth-order valence-electron chi connectivity index (χ4n) is 2.31. The maximum absolute atomic E-state index is 5.94. The van der Waals surface area contributed by atoms with Crippen molar-refractivity contribution in [1.29, 1.82) is 0 Å². The van der Waals surface area contributed by atoms with E-state index in [1.807, 2.05) is 13.0 Å². The molecule has 0 aromatic carbocycles. The van der Waals surface area contributed by atoms with Crippen molar-refractivity contribution in [2.45, 2.75) is 38.3 Å². The molecular weight excluding hydrogens is 228 g/mol. The first kappa shape index (κ1) is 13.3. The Bertz CT molecular complexity index is 381. The molecule has 0 bridgehead atoms. The molecule has 1 saturated carbocycles. The minimum atomic E-state index is 0.0870. The van der Waals surface area contributed by atoms with Gasteiger partial charge < -0.3 is 10.5 Å². The van der Waals surface area contributed by atoms with Crippen LogP contribution in [0.5, 0.6) is 0 Å². The highest BCUT2D eigenvalue weighted by Gasteiger charge is 2.37. The van der Waals surface area contributed by atoms with Crippen LogP contribution in [0, 0.1) is 5.92 Å². The van der Waals surface area contributed by atoms with Gasteiger partial charge in [0.15, 0.2) is 0 Å². The largest absolute Gasteiger partial charge is 0.398 e. The molecule has 5 heteroatoms. The molecule has 2 rings (SSSR count). The summed E-state index contributed by atoms with van der Waals surface area (Å²) in [5.41, 5.74) is 10.6. The van der Waals surface area contributed by atoms with E-state index < -0.39 is 0 Å². The molecule has 5 N–H and O–H groups in total. The summed E-state index contributed by atoms with van der Waals surface area (Å²) in [6, 6.07) is 1.90. The van der Waals surface area contributed by atoms with Crippen molar-refractivity contribution in [3.05, 3.63) is 24.0 Å². The molecule has 5 nitrogen and oxygen atoms in total. The number of pyridine rings is 1. The van der Waals surface area contributed by atoms with Crippen LogP contribution in [-0.4, -0.2) is 23.7 Å². The Morgan fingerprint density at radius 3 is 2.89 bits per heavy atom. The number of nitrogens with one attached hydrogen (secondary N) is 1. The fraction of sp³-hybridized carbons (Fsp3) is 0.615. The molecule has 0 radical (unpaired) electrons. The molecule has 1 aromatic rings. The zero-order valence-corrected chi connectivity index (χ0v) is 10.8. The van der Waals surface area contributed by atoms with E-state index in [2.05, 4.69) is 10.4 Å². The van der Waals surface area contributed by atoms with E-state index in [1.165, 1.54) is 12.8 Å². The van der Waals surface area contributed by atoms with Crippen molar-refractivity contribution in [1.82, 2.24) is 10.4 Å². The maximum atomic E-state index is 5.94. The molecule has 18 heavy (non-hydrogen) atoms. The van der Waals surface area contributed by atoms with Crippen molar-refractivity contribution < 1.29 is 4.74 Å². The topological polar surface area (TPSA) is 86.2 Å². The molecule has 0 aliphatic heterocycles. The molecule has 1 fully saturated rings. The van der Waals surface area contributed by atoms with Crippen molar-refractivity contribution in [2.75, 3.05) is 12.3 Å². The molecule has 0 spiro atoms. The maximum Gasteiger partial charge on any atom is 0.0772 e. The standard InChI is InChI=1S/C13H22N4O/c1-2-18-13(9-3-4-9)12(17-15)7-10-8-16-6-5-11(10)14/h5-6,8-9,12-13,17H,2-4,7,15H2,1H3,(H2,14,16). The second-order valence-corrected chi connectivity index (χ2v) is 4.81. The van der Waals surface area contributed by atoms with Gasteiger partial charge in [-0.25, -0.2) is 0 Å². The van der Waals surface area contributed by atoms with E-state index in [0.717, 1.165) is 17.7 Å². The van der Waals surface area contributed by atoms with E-state index in [0.29, 0.717) is 12.5 Å². The van der Waals surface area contributed by atoms with Crippen LogP contribution in [-0.2, 0) is 11.2 Å². The average molecular weight is 250 g/mol. The van der Waals surface area contributed by atoms with Crippen LogP contribution in [0.25, 0.3) is 0 Å². The van der Waals surface area contributed by atoms with E-state index in [9.17, 15) is 0 Å². The van der Waals surface area contributed by atoms with Gasteiger partial charge in [-0.2, -0.15) is 0 Å². The highest BCUT2D eigenvalue weighted by molar-refractivity contribution is 5.44. The number of nitrogens with two attached hydrogens (primary N) is 2. The Labute approximate surface area is 108 Å². The first-order chi connectivity index (χ1) is 8.76. The molecule has 2 atom stereocenters. The van der Waals surface area contributed by atoms with E-state index in [4.69, 9.17) is 16.3 Å². The Morgan fingerprint density at radius 2 is 2.33 bits per heavy atom. The number of ether oxygens (including phenoxy) is 1. The lowest BCUT2D eigenvalue weighted by molar-refractivity contribution is 0.0192. The zero-order valence-electron chi connectivity index (χ0n) is 10.8. The number of hydrazine groups is 1. The van der Waals surface area contributed by atoms with Gasteiger partial charge in [0.2, 0.25) is 0 Å². The lowest BCUT2D eigenvalue weighted by atomic mass is 9.99. The van der Waals surface area contributed by atoms with Gasteiger partial charge in [-0.05, 0) is 43.7 Å². The number of rotatable bonds is 7. The van der Waals surface area contributed by atoms with Crippen LogP contribution < -0.4 is 17.0 Å². The monoisotopic (exact) mass is 250 g/mol. The SMILES string of the molecule is CCOC(C1CC1)C(Cc1cnccc1N)NN. The van der Waals surface area contributed by atoms with E-state index in [-0.39, 0.29) is 12.1 Å².